The average molecular weight is 305 g/mol. The van der Waals surface area contributed by atoms with Gasteiger partial charge in [0, 0.05) is 10.9 Å². The number of nitrogen functional groups attached to an aromatic ring is 1. The van der Waals surface area contributed by atoms with E-state index in [0.717, 1.165) is 35.7 Å². The van der Waals surface area contributed by atoms with Gasteiger partial charge in [0.05, 0.1) is 11.9 Å². The van der Waals surface area contributed by atoms with Gasteiger partial charge in [-0.05, 0) is 52.4 Å². The first kappa shape index (κ1) is 14.7. The van der Waals surface area contributed by atoms with Crippen molar-refractivity contribution in [3.05, 3.63) is 16.3 Å². The number of piperidine rings is 1. The van der Waals surface area contributed by atoms with Gasteiger partial charge in [0.2, 0.25) is 0 Å². The fourth-order valence-corrected chi connectivity index (χ4v) is 4.05. The van der Waals surface area contributed by atoms with Crippen LogP contribution in [0, 0.1) is 13.8 Å². The van der Waals surface area contributed by atoms with Crippen LogP contribution < -0.4 is 11.1 Å². The predicted molar refractivity (Wildman–Crippen MR) is 88.7 cm³/mol. The number of aromatic nitrogens is 2. The number of hydrogen-bond donors (Lipinski definition) is 2. The van der Waals surface area contributed by atoms with Crippen LogP contribution in [0.15, 0.2) is 0 Å². The molecule has 0 unspecified atom stereocenters. The van der Waals surface area contributed by atoms with Gasteiger partial charge in [-0.1, -0.05) is 0 Å². The lowest BCUT2D eigenvalue weighted by atomic mass is 10.1. The summed E-state index contributed by atoms with van der Waals surface area (Å²) >= 11 is 1.71. The van der Waals surface area contributed by atoms with Crippen LogP contribution in [-0.2, 0) is 6.54 Å². The normalized spacial score (nSPS) is 17.0. The lowest BCUT2D eigenvalue weighted by Crippen LogP contribution is -2.41. The smallest absolute Gasteiger partial charge is 0.146 e. The largest absolute Gasteiger partial charge is 0.383 e. The van der Waals surface area contributed by atoms with Crippen molar-refractivity contribution in [2.45, 2.75) is 39.3 Å². The van der Waals surface area contributed by atoms with Crippen molar-refractivity contribution in [2.24, 2.45) is 0 Å². The lowest BCUT2D eigenvalue weighted by molar-refractivity contribution is 0.188. The molecule has 0 aromatic carbocycles. The number of nitrogens with zero attached hydrogens (tertiary/aromatic N) is 3. The first-order valence-corrected chi connectivity index (χ1v) is 8.31. The highest BCUT2D eigenvalue weighted by Gasteiger charge is 2.19. The first-order chi connectivity index (χ1) is 10.1. The maximum Gasteiger partial charge on any atom is 0.146 e. The minimum Gasteiger partial charge on any atom is -0.383 e. The third kappa shape index (κ3) is 2.88. The number of anilines is 1. The van der Waals surface area contributed by atoms with Crippen molar-refractivity contribution in [2.75, 3.05) is 25.9 Å². The molecule has 1 aliphatic rings. The van der Waals surface area contributed by atoms with E-state index in [1.54, 1.807) is 11.3 Å². The Morgan fingerprint density at radius 2 is 2.00 bits per heavy atom. The van der Waals surface area contributed by atoms with Crippen molar-refractivity contribution in [1.82, 2.24) is 20.2 Å². The van der Waals surface area contributed by atoms with Gasteiger partial charge in [0.1, 0.15) is 16.5 Å². The highest BCUT2D eigenvalue weighted by molar-refractivity contribution is 7.18. The molecule has 2 aromatic rings. The Balaban J connectivity index is 1.83. The highest BCUT2D eigenvalue weighted by atomic mass is 32.1. The SMILES string of the molecule is Cc1sc2nc(CN(C)C3CCNCC3)nc(N)c2c1C. The van der Waals surface area contributed by atoms with E-state index in [-0.39, 0.29) is 0 Å². The summed E-state index contributed by atoms with van der Waals surface area (Å²) in [5.41, 5.74) is 7.37. The maximum atomic E-state index is 6.15. The van der Waals surface area contributed by atoms with E-state index in [1.807, 2.05) is 0 Å². The molecule has 0 atom stereocenters. The Labute approximate surface area is 129 Å². The Morgan fingerprint density at radius 1 is 1.29 bits per heavy atom. The Bertz CT molecular complexity index is 645. The van der Waals surface area contributed by atoms with Gasteiger partial charge in [-0.25, -0.2) is 9.97 Å². The third-order valence-corrected chi connectivity index (χ3v) is 5.53. The van der Waals surface area contributed by atoms with Crippen LogP contribution in [0.2, 0.25) is 0 Å². The van der Waals surface area contributed by atoms with Crippen LogP contribution in [0.3, 0.4) is 0 Å². The van der Waals surface area contributed by atoms with Crippen molar-refractivity contribution >= 4 is 27.4 Å². The molecule has 0 bridgehead atoms. The summed E-state index contributed by atoms with van der Waals surface area (Å²) in [6.07, 6.45) is 2.37. The van der Waals surface area contributed by atoms with Gasteiger partial charge in [0.15, 0.2) is 0 Å². The fourth-order valence-electron chi connectivity index (χ4n) is 3.00. The quantitative estimate of drug-likeness (QED) is 0.909. The van der Waals surface area contributed by atoms with Crippen molar-refractivity contribution in [1.29, 1.82) is 0 Å². The molecule has 5 nitrogen and oxygen atoms in total. The van der Waals surface area contributed by atoms with E-state index in [4.69, 9.17) is 10.7 Å². The van der Waals surface area contributed by atoms with E-state index in [1.165, 1.54) is 23.3 Å². The molecule has 6 heteroatoms. The van der Waals surface area contributed by atoms with E-state index < -0.39 is 0 Å². The van der Waals surface area contributed by atoms with Crippen molar-refractivity contribution in [3.63, 3.8) is 0 Å². The van der Waals surface area contributed by atoms with Gasteiger partial charge in [-0.3, -0.25) is 4.90 Å². The minimum absolute atomic E-state index is 0.610. The molecule has 2 aromatic heterocycles. The van der Waals surface area contributed by atoms with Gasteiger partial charge < -0.3 is 11.1 Å². The first-order valence-electron chi connectivity index (χ1n) is 7.49. The number of thiophene rings is 1. The Morgan fingerprint density at radius 3 is 2.71 bits per heavy atom. The van der Waals surface area contributed by atoms with Crippen LogP contribution in [0.5, 0.6) is 0 Å². The summed E-state index contributed by atoms with van der Waals surface area (Å²) in [4.78, 5) is 13.9. The molecule has 1 saturated heterocycles. The van der Waals surface area contributed by atoms with Crippen molar-refractivity contribution in [3.8, 4) is 0 Å². The molecule has 3 heterocycles. The number of rotatable bonds is 3. The Hall–Kier alpha value is -1.24. The summed E-state index contributed by atoms with van der Waals surface area (Å²) in [6, 6.07) is 0.610. The van der Waals surface area contributed by atoms with Crippen LogP contribution in [0.1, 0.15) is 29.1 Å². The molecule has 3 rings (SSSR count). The maximum absolute atomic E-state index is 6.15. The molecule has 3 N–H and O–H groups in total. The van der Waals surface area contributed by atoms with Gasteiger partial charge in [-0.15, -0.1) is 11.3 Å². The molecule has 0 radical (unpaired) electrons. The summed E-state index contributed by atoms with van der Waals surface area (Å²) in [5.74, 6) is 1.46. The van der Waals surface area contributed by atoms with Crippen LogP contribution in [0.4, 0.5) is 5.82 Å². The summed E-state index contributed by atoms with van der Waals surface area (Å²) in [5, 5.41) is 4.43. The van der Waals surface area contributed by atoms with Crippen LogP contribution >= 0.6 is 11.3 Å². The molecule has 0 saturated carbocycles. The summed E-state index contributed by atoms with van der Waals surface area (Å²) in [7, 11) is 2.16. The van der Waals surface area contributed by atoms with E-state index in [0.29, 0.717) is 11.9 Å². The summed E-state index contributed by atoms with van der Waals surface area (Å²) < 4.78 is 0. The van der Waals surface area contributed by atoms with Crippen molar-refractivity contribution < 1.29 is 0 Å². The monoisotopic (exact) mass is 305 g/mol. The zero-order valence-electron chi connectivity index (χ0n) is 12.9. The van der Waals surface area contributed by atoms with E-state index in [9.17, 15) is 0 Å². The fraction of sp³-hybridized carbons (Fsp3) is 0.600. The molecular weight excluding hydrogens is 282 g/mol. The van der Waals surface area contributed by atoms with Gasteiger partial charge in [0.25, 0.3) is 0 Å². The molecule has 0 spiro atoms. The lowest BCUT2D eigenvalue weighted by Gasteiger charge is -2.31. The van der Waals surface area contributed by atoms with Gasteiger partial charge in [-0.2, -0.15) is 0 Å². The Kier molecular flexibility index (Phi) is 4.10. The number of hydrogen-bond acceptors (Lipinski definition) is 6. The average Bonchev–Trinajstić information content (AvgIpc) is 2.75. The molecule has 114 valence electrons. The van der Waals surface area contributed by atoms with E-state index in [2.05, 4.69) is 36.1 Å². The zero-order valence-corrected chi connectivity index (χ0v) is 13.8. The number of fused-ring (bicyclic) bond motifs is 1. The second-order valence-corrected chi connectivity index (χ2v) is 7.09. The predicted octanol–water partition coefficient (Wildman–Crippen LogP) is 2.07. The second-order valence-electron chi connectivity index (χ2n) is 5.88. The minimum atomic E-state index is 0.610. The zero-order chi connectivity index (χ0) is 15.0. The topological polar surface area (TPSA) is 67.1 Å². The molecule has 1 fully saturated rings. The number of aryl methyl sites for hydroxylation is 2. The van der Waals surface area contributed by atoms with Gasteiger partial charge >= 0.3 is 0 Å². The molecule has 0 amide bonds. The third-order valence-electron chi connectivity index (χ3n) is 4.43. The highest BCUT2D eigenvalue weighted by Crippen LogP contribution is 2.32. The number of nitrogens with one attached hydrogen (secondary N) is 1. The molecule has 21 heavy (non-hydrogen) atoms. The molecular formula is C15H23N5S. The van der Waals surface area contributed by atoms with Crippen LogP contribution in [0.25, 0.3) is 10.2 Å². The second kappa shape index (κ2) is 5.87. The molecule has 1 aliphatic heterocycles. The number of nitrogens with two attached hydrogens (primary N) is 1. The van der Waals surface area contributed by atoms with E-state index >= 15 is 0 Å². The molecule has 0 aliphatic carbocycles. The standard InChI is InChI=1S/C15H23N5S/c1-9-10(2)21-15-13(9)14(16)18-12(19-15)8-20(3)11-4-6-17-7-5-11/h11,17H,4-8H2,1-3H3,(H2,16,18,19). The van der Waals surface area contributed by atoms with Crippen LogP contribution in [-0.4, -0.2) is 41.0 Å². The summed E-state index contributed by atoms with van der Waals surface area (Å²) in [6.45, 7) is 7.16.